The first-order valence-electron chi connectivity index (χ1n) is 10.00. The summed E-state index contributed by atoms with van der Waals surface area (Å²) in [4.78, 5) is 6.78. The fraction of sp³-hybridized carbons (Fsp3) is 0.429. The number of nitrogens with zero attached hydrogens (tertiary/aromatic N) is 4. The van der Waals surface area contributed by atoms with Gasteiger partial charge in [-0.25, -0.2) is 13.8 Å². The Morgan fingerprint density at radius 2 is 1.87 bits per heavy atom. The van der Waals surface area contributed by atoms with Gasteiger partial charge in [0.05, 0.1) is 16.6 Å². The highest BCUT2D eigenvalue weighted by atomic mass is 19.4. The van der Waals surface area contributed by atoms with Crippen LogP contribution in [0.2, 0.25) is 0 Å². The van der Waals surface area contributed by atoms with Gasteiger partial charge in [0, 0.05) is 55.5 Å². The first-order valence-corrected chi connectivity index (χ1v) is 10.00. The summed E-state index contributed by atoms with van der Waals surface area (Å²) in [5.74, 6) is -1.91. The molecular formula is C21H20F5N5. The van der Waals surface area contributed by atoms with Crippen molar-refractivity contribution in [2.75, 3.05) is 24.5 Å². The first-order chi connectivity index (χ1) is 14.6. The van der Waals surface area contributed by atoms with Crippen molar-refractivity contribution in [2.45, 2.75) is 31.5 Å². The molecule has 3 aromatic rings. The van der Waals surface area contributed by atoms with Crippen molar-refractivity contribution in [3.8, 4) is 11.3 Å². The average Bonchev–Trinajstić information content (AvgIpc) is 3.41. The number of aromatic nitrogens is 3. The van der Waals surface area contributed by atoms with Crippen LogP contribution in [0.1, 0.15) is 24.0 Å². The summed E-state index contributed by atoms with van der Waals surface area (Å²) in [5, 5.41) is 8.07. The lowest BCUT2D eigenvalue weighted by atomic mass is 10.0. The normalized spacial score (nSPS) is 18.2. The molecule has 1 N–H and O–H groups in total. The summed E-state index contributed by atoms with van der Waals surface area (Å²) >= 11 is 0. The third-order valence-corrected chi connectivity index (χ3v) is 6.34. The Hall–Kier alpha value is -2.75. The van der Waals surface area contributed by atoms with Crippen LogP contribution in [0.25, 0.3) is 22.2 Å². The second-order valence-corrected chi connectivity index (χ2v) is 8.31. The number of hydrogen-bond acceptors (Lipinski definition) is 4. The number of piperazine rings is 1. The van der Waals surface area contributed by atoms with Crippen molar-refractivity contribution >= 4 is 16.7 Å². The van der Waals surface area contributed by atoms with Gasteiger partial charge >= 0.3 is 6.18 Å². The highest BCUT2D eigenvalue weighted by Gasteiger charge is 2.49. The van der Waals surface area contributed by atoms with Gasteiger partial charge in [0.15, 0.2) is 0 Å². The molecule has 0 radical (unpaired) electrons. The highest BCUT2D eigenvalue weighted by Crippen LogP contribution is 2.45. The van der Waals surface area contributed by atoms with E-state index in [1.807, 2.05) is 6.07 Å². The lowest BCUT2D eigenvalue weighted by molar-refractivity contribution is -0.140. The molecule has 164 valence electrons. The van der Waals surface area contributed by atoms with Crippen molar-refractivity contribution < 1.29 is 22.0 Å². The van der Waals surface area contributed by atoms with Gasteiger partial charge in [0.2, 0.25) is 0 Å². The van der Waals surface area contributed by atoms with E-state index in [1.54, 1.807) is 7.05 Å². The van der Waals surface area contributed by atoms with Gasteiger partial charge in [-0.2, -0.15) is 18.3 Å². The number of anilines is 1. The molecule has 0 amide bonds. The minimum atomic E-state index is -4.95. The number of halogens is 5. The maximum Gasteiger partial charge on any atom is 0.419 e. The van der Waals surface area contributed by atoms with E-state index in [0.29, 0.717) is 17.0 Å². The summed E-state index contributed by atoms with van der Waals surface area (Å²) in [5.41, 5.74) is -1.92. The van der Waals surface area contributed by atoms with E-state index in [9.17, 15) is 22.0 Å². The molecule has 31 heavy (non-hydrogen) atoms. The van der Waals surface area contributed by atoms with Crippen molar-refractivity contribution in [3.05, 3.63) is 41.1 Å². The van der Waals surface area contributed by atoms with Gasteiger partial charge < -0.3 is 10.2 Å². The molecule has 1 spiro atoms. The third-order valence-electron chi connectivity index (χ3n) is 6.34. The molecule has 0 unspecified atom stereocenters. The number of hydrogen-bond donors (Lipinski definition) is 1. The molecular weight excluding hydrogens is 417 g/mol. The molecule has 0 bridgehead atoms. The molecule has 1 aromatic carbocycles. The lowest BCUT2D eigenvalue weighted by Crippen LogP contribution is -2.53. The largest absolute Gasteiger partial charge is 0.419 e. The number of alkyl halides is 3. The Labute approximate surface area is 174 Å². The number of aryl methyl sites for hydroxylation is 1. The first kappa shape index (κ1) is 20.2. The van der Waals surface area contributed by atoms with Crippen LogP contribution >= 0.6 is 0 Å². The van der Waals surface area contributed by atoms with E-state index in [-0.39, 0.29) is 11.2 Å². The van der Waals surface area contributed by atoms with E-state index < -0.39 is 34.5 Å². The molecule has 1 saturated heterocycles. The molecule has 2 aliphatic rings. The highest BCUT2D eigenvalue weighted by molar-refractivity contribution is 5.94. The Balaban J connectivity index is 1.65. The Kier molecular flexibility index (Phi) is 4.31. The zero-order valence-electron chi connectivity index (χ0n) is 16.9. The van der Waals surface area contributed by atoms with Crippen LogP contribution in [0.5, 0.6) is 0 Å². The number of nitrogens with one attached hydrogen (secondary N) is 1. The van der Waals surface area contributed by atoms with Gasteiger partial charge in [-0.15, -0.1) is 0 Å². The molecule has 1 aliphatic heterocycles. The number of rotatable bonds is 2. The Morgan fingerprint density at radius 1 is 1.13 bits per heavy atom. The monoisotopic (exact) mass is 437 g/mol. The maximum absolute atomic E-state index is 14.8. The standard InChI is InChI=1S/C21H20F5N5/c1-11-17(22)12(7-14(18(11)23)21(24,25)26)19-13-9-28-16(8-15(13)30(2)29-19)31-6-5-27-10-20(31)3-4-20/h7-9,27H,3-6,10H2,1-2H3. The molecule has 2 fully saturated rings. The Bertz CT molecular complexity index is 1200. The van der Waals surface area contributed by atoms with Crippen molar-refractivity contribution in [3.63, 3.8) is 0 Å². The minimum Gasteiger partial charge on any atom is -0.348 e. The summed E-state index contributed by atoms with van der Waals surface area (Å²) < 4.78 is 70.3. The van der Waals surface area contributed by atoms with Crippen LogP contribution in [-0.4, -0.2) is 39.9 Å². The lowest BCUT2D eigenvalue weighted by Gasteiger charge is -2.37. The van der Waals surface area contributed by atoms with E-state index in [0.717, 1.165) is 45.2 Å². The predicted octanol–water partition coefficient (Wildman–Crippen LogP) is 4.18. The number of pyridine rings is 1. The van der Waals surface area contributed by atoms with E-state index >= 15 is 0 Å². The summed E-state index contributed by atoms with van der Waals surface area (Å²) in [6, 6.07) is 2.32. The second kappa shape index (κ2) is 6.62. The average molecular weight is 437 g/mol. The smallest absolute Gasteiger partial charge is 0.348 e. The topological polar surface area (TPSA) is 46.0 Å². The number of benzene rings is 1. The summed E-state index contributed by atoms with van der Waals surface area (Å²) in [6.07, 6.45) is -1.31. The molecule has 3 heterocycles. The fourth-order valence-corrected chi connectivity index (χ4v) is 4.43. The van der Waals surface area contributed by atoms with Gasteiger partial charge in [-0.05, 0) is 25.8 Å². The zero-order chi connectivity index (χ0) is 22.1. The third kappa shape index (κ3) is 3.07. The van der Waals surface area contributed by atoms with Crippen LogP contribution in [0.4, 0.5) is 27.8 Å². The molecule has 10 heteroatoms. The fourth-order valence-electron chi connectivity index (χ4n) is 4.43. The predicted molar refractivity (Wildman–Crippen MR) is 106 cm³/mol. The van der Waals surface area contributed by atoms with Gasteiger partial charge in [0.25, 0.3) is 0 Å². The molecule has 1 aliphatic carbocycles. The van der Waals surface area contributed by atoms with E-state index in [1.165, 1.54) is 10.9 Å². The molecule has 5 rings (SSSR count). The van der Waals surface area contributed by atoms with Crippen LogP contribution < -0.4 is 10.2 Å². The van der Waals surface area contributed by atoms with E-state index in [2.05, 4.69) is 20.3 Å². The van der Waals surface area contributed by atoms with Crippen molar-refractivity contribution in [1.82, 2.24) is 20.1 Å². The van der Waals surface area contributed by atoms with Crippen molar-refractivity contribution in [1.29, 1.82) is 0 Å². The second-order valence-electron chi connectivity index (χ2n) is 8.31. The molecule has 5 nitrogen and oxygen atoms in total. The Morgan fingerprint density at radius 3 is 2.55 bits per heavy atom. The molecule has 0 atom stereocenters. The number of fused-ring (bicyclic) bond motifs is 1. The van der Waals surface area contributed by atoms with Gasteiger partial charge in [-0.1, -0.05) is 0 Å². The van der Waals surface area contributed by atoms with Gasteiger partial charge in [-0.3, -0.25) is 4.68 Å². The van der Waals surface area contributed by atoms with Crippen LogP contribution in [0, 0.1) is 18.6 Å². The molecule has 2 aromatic heterocycles. The SMILES string of the molecule is Cc1c(F)c(-c2nn(C)c3cc(N4CCNCC45CC5)ncc23)cc(C(F)(F)F)c1F. The summed E-state index contributed by atoms with van der Waals surface area (Å²) in [7, 11) is 1.64. The van der Waals surface area contributed by atoms with E-state index in [4.69, 9.17) is 0 Å². The minimum absolute atomic E-state index is 0.00379. The zero-order valence-corrected chi connectivity index (χ0v) is 16.9. The molecule has 1 saturated carbocycles. The van der Waals surface area contributed by atoms with Crippen LogP contribution in [0.3, 0.4) is 0 Å². The quantitative estimate of drug-likeness (QED) is 0.611. The van der Waals surface area contributed by atoms with Crippen LogP contribution in [0.15, 0.2) is 18.3 Å². The van der Waals surface area contributed by atoms with Crippen LogP contribution in [-0.2, 0) is 13.2 Å². The maximum atomic E-state index is 14.8. The van der Waals surface area contributed by atoms with Gasteiger partial charge in [0.1, 0.15) is 23.1 Å². The van der Waals surface area contributed by atoms with Crippen molar-refractivity contribution in [2.24, 2.45) is 7.05 Å². The summed E-state index contributed by atoms with van der Waals surface area (Å²) in [6.45, 7) is 3.50.